The van der Waals surface area contributed by atoms with Gasteiger partial charge in [0, 0.05) is 19.2 Å². The average molecular weight is 462 g/mol. The van der Waals surface area contributed by atoms with E-state index in [4.69, 9.17) is 4.42 Å². The van der Waals surface area contributed by atoms with Gasteiger partial charge >= 0.3 is 0 Å². The van der Waals surface area contributed by atoms with Crippen LogP contribution in [0, 0.1) is 13.8 Å². The lowest BCUT2D eigenvalue weighted by Gasteiger charge is -2.24. The summed E-state index contributed by atoms with van der Waals surface area (Å²) in [7, 11) is 1.83. The van der Waals surface area contributed by atoms with Crippen LogP contribution in [0.5, 0.6) is 0 Å². The van der Waals surface area contributed by atoms with E-state index in [1.54, 1.807) is 11.6 Å². The van der Waals surface area contributed by atoms with Crippen molar-refractivity contribution < 1.29 is 9.52 Å². The lowest BCUT2D eigenvalue weighted by atomic mass is 9.96. The van der Waals surface area contributed by atoms with Crippen LogP contribution in [-0.2, 0) is 19.2 Å². The number of aryl methyl sites for hydroxylation is 3. The molecule has 0 aliphatic rings. The lowest BCUT2D eigenvalue weighted by molar-refractivity contribution is 0.0601. The maximum Gasteiger partial charge on any atom is 0.191 e. The molecule has 2 rings (SSSR count). The Morgan fingerprint density at radius 3 is 2.64 bits per heavy atom. The zero-order chi connectivity index (χ0) is 17.7. The Kier molecular flexibility index (Phi) is 7.87. The number of aromatic nitrogens is 3. The number of aliphatic hydroxyl groups is 1. The fourth-order valence-corrected chi connectivity index (χ4v) is 2.47. The highest BCUT2D eigenvalue weighted by Crippen LogP contribution is 2.26. The van der Waals surface area contributed by atoms with Gasteiger partial charge in [0.25, 0.3) is 0 Å². The van der Waals surface area contributed by atoms with E-state index in [-0.39, 0.29) is 24.0 Å². The minimum absolute atomic E-state index is 0. The molecule has 0 amide bonds. The zero-order valence-corrected chi connectivity index (χ0v) is 17.7. The molecule has 140 valence electrons. The van der Waals surface area contributed by atoms with Gasteiger partial charge in [-0.25, -0.2) is 9.98 Å². The first-order chi connectivity index (χ1) is 11.3. The molecule has 0 bridgehead atoms. The molecule has 0 saturated heterocycles. The summed E-state index contributed by atoms with van der Waals surface area (Å²) in [5, 5.41) is 21.1. The molecule has 0 fully saturated rings. The highest BCUT2D eigenvalue weighted by Gasteiger charge is 2.27. The summed E-state index contributed by atoms with van der Waals surface area (Å²) in [6.07, 6.45) is 1.50. The van der Waals surface area contributed by atoms with E-state index in [1.807, 2.05) is 33.9 Å². The molecule has 0 aliphatic heterocycles. The molecule has 0 aromatic carbocycles. The van der Waals surface area contributed by atoms with Crippen LogP contribution in [0.25, 0.3) is 0 Å². The molecule has 1 unspecified atom stereocenters. The van der Waals surface area contributed by atoms with E-state index in [2.05, 4.69) is 25.7 Å². The first-order valence-corrected chi connectivity index (χ1v) is 7.98. The Hall–Kier alpha value is -1.62. The Morgan fingerprint density at radius 1 is 1.40 bits per heavy atom. The van der Waals surface area contributed by atoms with E-state index in [9.17, 15) is 5.11 Å². The molecule has 8 nitrogen and oxygen atoms in total. The van der Waals surface area contributed by atoms with Crippen molar-refractivity contribution >= 4 is 29.9 Å². The van der Waals surface area contributed by atoms with Gasteiger partial charge in [0.1, 0.15) is 35.8 Å². The van der Waals surface area contributed by atoms with Crippen LogP contribution >= 0.6 is 24.0 Å². The Bertz CT molecular complexity index is 707. The van der Waals surface area contributed by atoms with Gasteiger partial charge in [0.15, 0.2) is 5.96 Å². The van der Waals surface area contributed by atoms with Crippen molar-refractivity contribution in [3.8, 4) is 0 Å². The number of hydrogen-bond acceptors (Lipinski definition) is 5. The second-order valence-electron chi connectivity index (χ2n) is 5.95. The number of hydrogen-bond donors (Lipinski definition) is 3. The molecule has 1 atom stereocenters. The number of guanidine groups is 1. The van der Waals surface area contributed by atoms with Crippen LogP contribution in [-0.4, -0.2) is 38.9 Å². The van der Waals surface area contributed by atoms with E-state index < -0.39 is 5.60 Å². The van der Waals surface area contributed by atoms with Gasteiger partial charge < -0.3 is 20.2 Å². The van der Waals surface area contributed by atoms with Gasteiger partial charge in [-0.1, -0.05) is 0 Å². The lowest BCUT2D eigenvalue weighted by Crippen LogP contribution is -2.44. The predicted molar refractivity (Wildman–Crippen MR) is 107 cm³/mol. The summed E-state index contributed by atoms with van der Waals surface area (Å²) in [6, 6.07) is 1.86. The summed E-state index contributed by atoms with van der Waals surface area (Å²) < 4.78 is 7.19. The van der Waals surface area contributed by atoms with Crippen LogP contribution in [0.2, 0.25) is 0 Å². The van der Waals surface area contributed by atoms with Crippen LogP contribution in [0.3, 0.4) is 0 Å². The molecule has 25 heavy (non-hydrogen) atoms. The minimum Gasteiger partial charge on any atom is -0.466 e. The fraction of sp³-hybridized carbons (Fsp3) is 0.562. The molecule has 2 aromatic rings. The summed E-state index contributed by atoms with van der Waals surface area (Å²) in [4.78, 5) is 8.62. The smallest absolute Gasteiger partial charge is 0.191 e. The summed E-state index contributed by atoms with van der Waals surface area (Å²) in [6.45, 7) is 8.88. The maximum absolute atomic E-state index is 10.8. The highest BCUT2D eigenvalue weighted by molar-refractivity contribution is 14.0. The monoisotopic (exact) mass is 462 g/mol. The minimum atomic E-state index is -1.07. The Labute approximate surface area is 165 Å². The predicted octanol–water partition coefficient (Wildman–Crippen LogP) is 1.61. The number of halogens is 1. The molecule has 0 aliphatic carbocycles. The quantitative estimate of drug-likeness (QED) is 0.343. The first-order valence-electron chi connectivity index (χ1n) is 7.98. The van der Waals surface area contributed by atoms with Crippen molar-refractivity contribution in [2.75, 3.05) is 13.1 Å². The van der Waals surface area contributed by atoms with Crippen LogP contribution < -0.4 is 10.6 Å². The van der Waals surface area contributed by atoms with Crippen LogP contribution in [0.1, 0.15) is 36.8 Å². The van der Waals surface area contributed by atoms with Gasteiger partial charge in [-0.05, 0) is 33.8 Å². The summed E-state index contributed by atoms with van der Waals surface area (Å²) in [5.41, 5.74) is -0.292. The zero-order valence-electron chi connectivity index (χ0n) is 15.3. The van der Waals surface area contributed by atoms with E-state index in [0.29, 0.717) is 19.0 Å². The first kappa shape index (κ1) is 21.4. The summed E-state index contributed by atoms with van der Waals surface area (Å²) in [5.74, 6) is 2.88. The number of furan rings is 1. The molecule has 9 heteroatoms. The number of aliphatic imine (C=N–C) groups is 1. The molecule has 0 radical (unpaired) electrons. The number of nitrogens with zero attached hydrogens (tertiary/aromatic N) is 4. The molecular weight excluding hydrogens is 435 g/mol. The van der Waals surface area contributed by atoms with Gasteiger partial charge in [-0.3, -0.25) is 4.68 Å². The largest absolute Gasteiger partial charge is 0.466 e. The van der Waals surface area contributed by atoms with E-state index in [0.717, 1.165) is 29.5 Å². The van der Waals surface area contributed by atoms with Gasteiger partial charge in [-0.2, -0.15) is 5.10 Å². The van der Waals surface area contributed by atoms with Crippen LogP contribution in [0.4, 0.5) is 0 Å². The highest BCUT2D eigenvalue weighted by atomic mass is 127. The van der Waals surface area contributed by atoms with E-state index in [1.165, 1.54) is 6.33 Å². The van der Waals surface area contributed by atoms with Crippen molar-refractivity contribution in [2.45, 2.75) is 39.8 Å². The van der Waals surface area contributed by atoms with Gasteiger partial charge in [0.2, 0.25) is 0 Å². The van der Waals surface area contributed by atoms with Crippen molar-refractivity contribution in [2.24, 2.45) is 12.0 Å². The topological polar surface area (TPSA) is 100 Å². The van der Waals surface area contributed by atoms with Gasteiger partial charge in [-0.15, -0.1) is 24.0 Å². The number of nitrogens with one attached hydrogen (secondary N) is 2. The molecule has 3 N–H and O–H groups in total. The normalized spacial score (nSPS) is 13.9. The van der Waals surface area contributed by atoms with Crippen molar-refractivity contribution in [3.63, 3.8) is 0 Å². The van der Waals surface area contributed by atoms with Gasteiger partial charge in [0.05, 0.1) is 6.54 Å². The second-order valence-corrected chi connectivity index (χ2v) is 5.95. The third-order valence-corrected chi connectivity index (χ3v) is 3.75. The Balaban J connectivity index is 0.00000312. The molecule has 0 saturated carbocycles. The standard InChI is InChI=1S/C16H26N6O2.HI/c1-6-17-15(18-8-14-20-10-21-22(14)5)19-9-16(4,23)13-7-11(2)24-12(13)3;/h7,10,23H,6,8-9H2,1-5H3,(H2,17,18,19);1H. The third kappa shape index (κ3) is 5.70. The molecule has 2 aromatic heterocycles. The van der Waals surface area contributed by atoms with E-state index >= 15 is 0 Å². The van der Waals surface area contributed by atoms with Crippen LogP contribution in [0.15, 0.2) is 21.8 Å². The fourth-order valence-electron chi connectivity index (χ4n) is 2.47. The average Bonchev–Trinajstić information content (AvgIpc) is 3.07. The molecule has 2 heterocycles. The number of rotatable bonds is 6. The molecule has 0 spiro atoms. The Morgan fingerprint density at radius 2 is 2.12 bits per heavy atom. The van der Waals surface area contributed by atoms with Crippen molar-refractivity contribution in [1.29, 1.82) is 0 Å². The van der Waals surface area contributed by atoms with Crippen molar-refractivity contribution in [3.05, 3.63) is 35.3 Å². The maximum atomic E-state index is 10.8. The third-order valence-electron chi connectivity index (χ3n) is 3.75. The summed E-state index contributed by atoms with van der Waals surface area (Å²) >= 11 is 0. The molecular formula is C16H27IN6O2. The van der Waals surface area contributed by atoms with Crippen molar-refractivity contribution in [1.82, 2.24) is 25.4 Å². The second kappa shape index (κ2) is 9.18. The SMILES string of the molecule is CCNC(=NCc1ncnn1C)NCC(C)(O)c1cc(C)oc1C.I.